The van der Waals surface area contributed by atoms with Crippen LogP contribution in [0.15, 0.2) is 170 Å². The molecule has 2 aromatic heterocycles. The number of aromatic nitrogens is 2. The zero-order chi connectivity index (χ0) is 29.0. The number of rotatable bonds is 4. The average Bonchev–Trinajstić information content (AvgIpc) is 3.61. The Morgan fingerprint density at radius 3 is 1.34 bits per heavy atom. The fraction of sp³-hybridized carbons (Fsp3) is 0. The summed E-state index contributed by atoms with van der Waals surface area (Å²) in [6.45, 7) is 0. The van der Waals surface area contributed by atoms with Gasteiger partial charge in [-0.3, -0.25) is 0 Å². The molecule has 9 rings (SSSR count). The summed E-state index contributed by atoms with van der Waals surface area (Å²) < 4.78 is 4.78. The average molecular weight is 561 g/mol. The monoisotopic (exact) mass is 560 g/mol. The van der Waals surface area contributed by atoms with Gasteiger partial charge in [-0.05, 0) is 82.9 Å². The molecule has 0 radical (unpaired) electrons. The maximum Gasteiger partial charge on any atom is 0.0547 e. The number of hydrogen-bond donors (Lipinski definition) is 0. The highest BCUT2D eigenvalue weighted by atomic mass is 15.0. The summed E-state index contributed by atoms with van der Waals surface area (Å²) >= 11 is 0. The summed E-state index contributed by atoms with van der Waals surface area (Å²) in [4.78, 5) is 0. The molecule has 0 fully saturated rings. The number of hydrogen-bond acceptors (Lipinski definition) is 0. The van der Waals surface area contributed by atoms with Crippen molar-refractivity contribution in [2.75, 3.05) is 0 Å². The predicted molar refractivity (Wildman–Crippen MR) is 186 cm³/mol. The molecule has 0 aliphatic carbocycles. The molecule has 7 aromatic carbocycles. The summed E-state index contributed by atoms with van der Waals surface area (Å²) in [6.07, 6.45) is 0. The molecule has 0 saturated heterocycles. The molecule has 2 nitrogen and oxygen atoms in total. The van der Waals surface area contributed by atoms with E-state index in [1.807, 2.05) is 0 Å². The molecule has 0 unspecified atom stereocenters. The van der Waals surface area contributed by atoms with Crippen LogP contribution in [0.2, 0.25) is 0 Å². The van der Waals surface area contributed by atoms with Crippen molar-refractivity contribution in [3.8, 4) is 33.6 Å². The molecule has 0 N–H and O–H groups in total. The first-order chi connectivity index (χ1) is 21.8. The van der Waals surface area contributed by atoms with Crippen LogP contribution in [0.3, 0.4) is 0 Å². The van der Waals surface area contributed by atoms with Gasteiger partial charge < -0.3 is 9.13 Å². The zero-order valence-electron chi connectivity index (χ0n) is 24.1. The van der Waals surface area contributed by atoms with Crippen molar-refractivity contribution < 1.29 is 0 Å². The molecule has 2 heteroatoms. The first-order valence-electron chi connectivity index (χ1n) is 15.1. The SMILES string of the molecule is c1ccc(-c2cc3c(cc2-c2ccc4c(c2)c2ccccc2n4-c2ccccc2)c2ccccc2n3-c2ccccc2)cc1. The minimum absolute atomic E-state index is 1.17. The van der Waals surface area contributed by atoms with E-state index in [4.69, 9.17) is 0 Å². The van der Waals surface area contributed by atoms with Crippen molar-refractivity contribution in [2.24, 2.45) is 0 Å². The van der Waals surface area contributed by atoms with E-state index in [1.54, 1.807) is 0 Å². The quantitative estimate of drug-likeness (QED) is 0.203. The Bertz CT molecular complexity index is 2470. The second-order valence-corrected chi connectivity index (χ2v) is 11.4. The maximum absolute atomic E-state index is 2.41. The Morgan fingerprint density at radius 2 is 0.727 bits per heavy atom. The Labute approximate surface area is 255 Å². The molecule has 0 bridgehead atoms. The molecular weight excluding hydrogens is 532 g/mol. The molecule has 0 amide bonds. The largest absolute Gasteiger partial charge is 0.309 e. The molecule has 44 heavy (non-hydrogen) atoms. The number of para-hydroxylation sites is 4. The second kappa shape index (κ2) is 9.86. The third-order valence-electron chi connectivity index (χ3n) is 8.91. The third-order valence-corrected chi connectivity index (χ3v) is 8.91. The van der Waals surface area contributed by atoms with Crippen LogP contribution in [0, 0.1) is 0 Å². The van der Waals surface area contributed by atoms with E-state index in [0.717, 1.165) is 0 Å². The fourth-order valence-corrected chi connectivity index (χ4v) is 6.96. The van der Waals surface area contributed by atoms with Crippen molar-refractivity contribution in [1.29, 1.82) is 0 Å². The lowest BCUT2D eigenvalue weighted by atomic mass is 9.92. The van der Waals surface area contributed by atoms with Crippen molar-refractivity contribution >= 4 is 43.6 Å². The van der Waals surface area contributed by atoms with Gasteiger partial charge in [-0.2, -0.15) is 0 Å². The second-order valence-electron chi connectivity index (χ2n) is 11.4. The van der Waals surface area contributed by atoms with Gasteiger partial charge >= 0.3 is 0 Å². The maximum atomic E-state index is 2.41. The van der Waals surface area contributed by atoms with E-state index < -0.39 is 0 Å². The summed E-state index contributed by atoms with van der Waals surface area (Å²) in [5.41, 5.74) is 12.1. The molecule has 0 spiro atoms. The van der Waals surface area contributed by atoms with Crippen LogP contribution in [0.25, 0.3) is 77.2 Å². The molecular formula is C42H28N2. The lowest BCUT2D eigenvalue weighted by Gasteiger charge is -2.14. The lowest BCUT2D eigenvalue weighted by molar-refractivity contribution is 1.18. The van der Waals surface area contributed by atoms with Crippen molar-refractivity contribution in [3.05, 3.63) is 170 Å². The summed E-state index contributed by atoms with van der Waals surface area (Å²) in [7, 11) is 0. The molecule has 0 aliphatic rings. The van der Waals surface area contributed by atoms with Gasteiger partial charge in [0.2, 0.25) is 0 Å². The number of fused-ring (bicyclic) bond motifs is 6. The Balaban J connectivity index is 1.37. The smallest absolute Gasteiger partial charge is 0.0547 e. The minimum atomic E-state index is 1.17. The topological polar surface area (TPSA) is 9.86 Å². The first kappa shape index (κ1) is 24.7. The van der Waals surface area contributed by atoms with E-state index in [9.17, 15) is 0 Å². The number of nitrogens with zero attached hydrogens (tertiary/aromatic N) is 2. The molecule has 9 aromatic rings. The van der Waals surface area contributed by atoms with Gasteiger partial charge in [-0.25, -0.2) is 0 Å². The molecule has 0 aliphatic heterocycles. The summed E-state index contributed by atoms with van der Waals surface area (Å²) in [6, 6.07) is 61.4. The van der Waals surface area contributed by atoms with Gasteiger partial charge in [0.15, 0.2) is 0 Å². The molecule has 2 heterocycles. The molecule has 0 saturated carbocycles. The minimum Gasteiger partial charge on any atom is -0.309 e. The number of benzene rings is 7. The van der Waals surface area contributed by atoms with Gasteiger partial charge in [0, 0.05) is 32.9 Å². The standard InChI is InChI=1S/C42H28N2/c1-4-14-29(15-5-1)36-28-42-38(34-21-11-13-23-40(34)44(42)32-18-8-3-9-19-32)27-35(36)30-24-25-41-37(26-30)33-20-10-12-22-39(33)43(41)31-16-6-2-7-17-31/h1-28H. The van der Waals surface area contributed by atoms with Gasteiger partial charge in [0.1, 0.15) is 0 Å². The van der Waals surface area contributed by atoms with E-state index in [2.05, 4.69) is 179 Å². The Kier molecular flexibility index (Phi) is 5.54. The Morgan fingerprint density at radius 1 is 0.273 bits per heavy atom. The van der Waals surface area contributed by atoms with E-state index in [-0.39, 0.29) is 0 Å². The predicted octanol–water partition coefficient (Wildman–Crippen LogP) is 11.2. The van der Waals surface area contributed by atoms with E-state index in [1.165, 1.54) is 77.2 Å². The highest BCUT2D eigenvalue weighted by molar-refractivity contribution is 6.14. The Hall–Kier alpha value is -5.86. The molecule has 0 atom stereocenters. The van der Waals surface area contributed by atoms with Crippen molar-refractivity contribution in [1.82, 2.24) is 9.13 Å². The van der Waals surface area contributed by atoms with Crippen LogP contribution in [0.1, 0.15) is 0 Å². The van der Waals surface area contributed by atoms with E-state index >= 15 is 0 Å². The molecule has 206 valence electrons. The third kappa shape index (κ3) is 3.75. The van der Waals surface area contributed by atoms with Crippen LogP contribution in [-0.2, 0) is 0 Å². The zero-order valence-corrected chi connectivity index (χ0v) is 24.1. The van der Waals surface area contributed by atoms with Gasteiger partial charge in [0.25, 0.3) is 0 Å². The van der Waals surface area contributed by atoms with Crippen LogP contribution in [-0.4, -0.2) is 9.13 Å². The first-order valence-corrected chi connectivity index (χ1v) is 15.1. The normalized spacial score (nSPS) is 11.6. The van der Waals surface area contributed by atoms with Gasteiger partial charge in [-0.15, -0.1) is 0 Å². The summed E-state index contributed by atoms with van der Waals surface area (Å²) in [5, 5.41) is 5.03. The highest BCUT2D eigenvalue weighted by Gasteiger charge is 2.19. The summed E-state index contributed by atoms with van der Waals surface area (Å²) in [5.74, 6) is 0. The van der Waals surface area contributed by atoms with Crippen molar-refractivity contribution in [3.63, 3.8) is 0 Å². The van der Waals surface area contributed by atoms with Crippen LogP contribution in [0.4, 0.5) is 0 Å². The fourth-order valence-electron chi connectivity index (χ4n) is 6.96. The van der Waals surface area contributed by atoms with Crippen LogP contribution in [0.5, 0.6) is 0 Å². The van der Waals surface area contributed by atoms with Gasteiger partial charge in [0.05, 0.1) is 22.1 Å². The van der Waals surface area contributed by atoms with Crippen LogP contribution >= 0.6 is 0 Å². The highest BCUT2D eigenvalue weighted by Crippen LogP contribution is 2.42. The van der Waals surface area contributed by atoms with E-state index in [0.29, 0.717) is 0 Å². The van der Waals surface area contributed by atoms with Crippen molar-refractivity contribution in [2.45, 2.75) is 0 Å². The lowest BCUT2D eigenvalue weighted by Crippen LogP contribution is -1.94. The van der Waals surface area contributed by atoms with Crippen LogP contribution < -0.4 is 0 Å². The van der Waals surface area contributed by atoms with Gasteiger partial charge in [-0.1, -0.05) is 109 Å².